The van der Waals surface area contributed by atoms with E-state index in [4.69, 9.17) is 9.15 Å². The Morgan fingerprint density at radius 1 is 1.06 bits per heavy atom. The zero-order chi connectivity index (χ0) is 22.2. The second kappa shape index (κ2) is 10.7. The van der Waals surface area contributed by atoms with E-state index in [0.717, 1.165) is 16.9 Å². The van der Waals surface area contributed by atoms with Crippen LogP contribution in [0, 0.1) is 5.82 Å². The van der Waals surface area contributed by atoms with Gasteiger partial charge in [-0.15, -0.1) is 0 Å². The largest absolute Gasteiger partial charge is 0.494 e. The normalized spacial score (nSPS) is 11.2. The summed E-state index contributed by atoms with van der Waals surface area (Å²) < 4.78 is 24.4. The summed E-state index contributed by atoms with van der Waals surface area (Å²) in [5.74, 6) is 0.740. The van der Waals surface area contributed by atoms with Crippen molar-refractivity contribution >= 4 is 5.91 Å². The molecule has 0 aliphatic heterocycles. The molecular weight excluding hydrogens is 397 g/mol. The molecule has 1 heterocycles. The van der Waals surface area contributed by atoms with Crippen LogP contribution in [0.5, 0.6) is 5.75 Å². The van der Waals surface area contributed by atoms with Gasteiger partial charge in [-0.25, -0.2) is 9.37 Å². The van der Waals surface area contributed by atoms with Gasteiger partial charge >= 0.3 is 0 Å². The van der Waals surface area contributed by atoms with Crippen LogP contribution in [0.2, 0.25) is 0 Å². The number of aromatic nitrogens is 1. The van der Waals surface area contributed by atoms with Gasteiger partial charge < -0.3 is 14.5 Å². The lowest BCUT2D eigenvalue weighted by Crippen LogP contribution is -2.30. The topological polar surface area (TPSA) is 67.6 Å². The van der Waals surface area contributed by atoms with Crippen LogP contribution in [0.1, 0.15) is 48.3 Å². The van der Waals surface area contributed by atoms with Crippen LogP contribution < -0.4 is 10.1 Å². The highest BCUT2D eigenvalue weighted by molar-refractivity contribution is 5.92. The molecule has 3 aromatic rings. The lowest BCUT2D eigenvalue weighted by molar-refractivity contribution is 0.0938. The Labute approximate surface area is 182 Å². The Morgan fingerprint density at radius 2 is 1.68 bits per heavy atom. The van der Waals surface area contributed by atoms with E-state index in [0.29, 0.717) is 32.1 Å². The van der Waals surface area contributed by atoms with Crippen molar-refractivity contribution in [1.29, 1.82) is 0 Å². The molecule has 6 nitrogen and oxygen atoms in total. The molecule has 31 heavy (non-hydrogen) atoms. The van der Waals surface area contributed by atoms with Gasteiger partial charge in [0.1, 0.15) is 17.8 Å². The Balaban J connectivity index is 1.74. The van der Waals surface area contributed by atoms with Gasteiger partial charge in [0.05, 0.1) is 13.2 Å². The van der Waals surface area contributed by atoms with Gasteiger partial charge in [-0.1, -0.05) is 24.3 Å². The average Bonchev–Trinajstić information content (AvgIpc) is 3.19. The Morgan fingerprint density at radius 3 is 2.26 bits per heavy atom. The van der Waals surface area contributed by atoms with Crippen molar-refractivity contribution in [2.45, 2.75) is 46.4 Å². The zero-order valence-corrected chi connectivity index (χ0v) is 18.1. The standard InChI is InChI=1S/C24H28FN3O3/c1-4-30-21-11-7-19(8-12-21)14-28(13-18-5-9-20(25)10-6-18)15-23-27-22(16-31-23)24(29)26-17(2)3/h5-12,16-17H,4,13-15H2,1-3H3,(H,26,29). The number of rotatable bonds is 10. The Kier molecular flexibility index (Phi) is 7.78. The molecule has 7 heteroatoms. The van der Waals surface area contributed by atoms with Crippen molar-refractivity contribution in [3.8, 4) is 5.75 Å². The van der Waals surface area contributed by atoms with Crippen molar-refractivity contribution < 1.29 is 18.3 Å². The molecule has 1 amide bonds. The predicted molar refractivity (Wildman–Crippen MR) is 116 cm³/mol. The van der Waals surface area contributed by atoms with E-state index in [9.17, 15) is 9.18 Å². The maximum atomic E-state index is 13.3. The molecule has 0 saturated heterocycles. The summed E-state index contributed by atoms with van der Waals surface area (Å²) in [5, 5.41) is 2.80. The van der Waals surface area contributed by atoms with E-state index in [-0.39, 0.29) is 23.5 Å². The number of hydrogen-bond acceptors (Lipinski definition) is 5. The molecular formula is C24H28FN3O3. The first-order valence-corrected chi connectivity index (χ1v) is 10.4. The summed E-state index contributed by atoms with van der Waals surface area (Å²) in [5.41, 5.74) is 2.32. The molecule has 0 fully saturated rings. The van der Waals surface area contributed by atoms with Crippen LogP contribution in [-0.2, 0) is 19.6 Å². The van der Waals surface area contributed by atoms with Crippen LogP contribution in [0.3, 0.4) is 0 Å². The van der Waals surface area contributed by atoms with Crippen LogP contribution >= 0.6 is 0 Å². The van der Waals surface area contributed by atoms with Crippen molar-refractivity contribution in [2.24, 2.45) is 0 Å². The molecule has 0 radical (unpaired) electrons. The Bertz CT molecular complexity index is 968. The molecule has 0 spiro atoms. The molecule has 1 N–H and O–H groups in total. The quantitative estimate of drug-likeness (QED) is 0.516. The molecule has 0 aliphatic rings. The van der Waals surface area contributed by atoms with Crippen molar-refractivity contribution in [3.05, 3.63) is 83.3 Å². The molecule has 0 saturated carbocycles. The fourth-order valence-electron chi connectivity index (χ4n) is 3.15. The number of amides is 1. The molecule has 164 valence electrons. The average molecular weight is 426 g/mol. The second-order valence-electron chi connectivity index (χ2n) is 7.60. The third-order valence-electron chi connectivity index (χ3n) is 4.52. The van der Waals surface area contributed by atoms with Gasteiger partial charge in [0.25, 0.3) is 5.91 Å². The van der Waals surface area contributed by atoms with E-state index in [1.54, 1.807) is 12.1 Å². The van der Waals surface area contributed by atoms with E-state index in [1.807, 2.05) is 45.0 Å². The minimum atomic E-state index is -0.268. The highest BCUT2D eigenvalue weighted by atomic mass is 19.1. The summed E-state index contributed by atoms with van der Waals surface area (Å²) in [6.45, 7) is 7.94. The molecule has 0 unspecified atom stereocenters. The molecule has 2 aromatic carbocycles. The number of nitrogens with one attached hydrogen (secondary N) is 1. The summed E-state index contributed by atoms with van der Waals surface area (Å²) in [6, 6.07) is 14.3. The number of nitrogens with zero attached hydrogens (tertiary/aromatic N) is 2. The molecule has 1 aromatic heterocycles. The summed E-state index contributed by atoms with van der Waals surface area (Å²) in [6.07, 6.45) is 1.38. The SMILES string of the molecule is CCOc1ccc(CN(Cc2ccc(F)cc2)Cc2nc(C(=O)NC(C)C)co2)cc1. The van der Waals surface area contributed by atoms with Crippen molar-refractivity contribution in [3.63, 3.8) is 0 Å². The van der Waals surface area contributed by atoms with E-state index in [2.05, 4.69) is 15.2 Å². The number of halogens is 1. The predicted octanol–water partition coefficient (Wildman–Crippen LogP) is 4.55. The van der Waals surface area contributed by atoms with E-state index in [1.165, 1.54) is 18.4 Å². The smallest absolute Gasteiger partial charge is 0.273 e. The van der Waals surface area contributed by atoms with Gasteiger partial charge in [-0.05, 0) is 56.2 Å². The Hall–Kier alpha value is -3.19. The minimum Gasteiger partial charge on any atom is -0.494 e. The number of oxazole rings is 1. The third kappa shape index (κ3) is 6.93. The summed E-state index contributed by atoms with van der Waals surface area (Å²) >= 11 is 0. The number of hydrogen-bond donors (Lipinski definition) is 1. The minimum absolute atomic E-state index is 0.0160. The zero-order valence-electron chi connectivity index (χ0n) is 18.1. The maximum absolute atomic E-state index is 13.3. The van der Waals surface area contributed by atoms with Crippen LogP contribution in [0.4, 0.5) is 4.39 Å². The second-order valence-corrected chi connectivity index (χ2v) is 7.60. The van der Waals surface area contributed by atoms with E-state index >= 15 is 0 Å². The first-order valence-electron chi connectivity index (χ1n) is 10.4. The van der Waals surface area contributed by atoms with Gasteiger partial charge in [0.2, 0.25) is 5.89 Å². The molecule has 0 aliphatic carbocycles. The highest BCUT2D eigenvalue weighted by Gasteiger charge is 2.16. The number of carbonyl (C=O) groups excluding carboxylic acids is 1. The van der Waals surface area contributed by atoms with Crippen LogP contribution in [0.25, 0.3) is 0 Å². The monoisotopic (exact) mass is 425 g/mol. The number of carbonyl (C=O) groups is 1. The first kappa shape index (κ1) is 22.5. The fraction of sp³-hybridized carbons (Fsp3) is 0.333. The van der Waals surface area contributed by atoms with Crippen molar-refractivity contribution in [1.82, 2.24) is 15.2 Å². The van der Waals surface area contributed by atoms with Gasteiger partial charge in [0, 0.05) is 19.1 Å². The van der Waals surface area contributed by atoms with Gasteiger partial charge in [-0.3, -0.25) is 9.69 Å². The molecule has 0 bridgehead atoms. The van der Waals surface area contributed by atoms with Crippen LogP contribution in [0.15, 0.2) is 59.2 Å². The first-order chi connectivity index (χ1) is 14.9. The highest BCUT2D eigenvalue weighted by Crippen LogP contribution is 2.18. The van der Waals surface area contributed by atoms with Gasteiger partial charge in [0.15, 0.2) is 5.69 Å². The van der Waals surface area contributed by atoms with Gasteiger partial charge in [-0.2, -0.15) is 0 Å². The third-order valence-corrected chi connectivity index (χ3v) is 4.52. The maximum Gasteiger partial charge on any atom is 0.273 e. The summed E-state index contributed by atoms with van der Waals surface area (Å²) in [4.78, 5) is 18.6. The van der Waals surface area contributed by atoms with Crippen LogP contribution in [-0.4, -0.2) is 28.4 Å². The fourth-order valence-corrected chi connectivity index (χ4v) is 3.15. The summed E-state index contributed by atoms with van der Waals surface area (Å²) in [7, 11) is 0. The van der Waals surface area contributed by atoms with E-state index < -0.39 is 0 Å². The number of benzene rings is 2. The lowest BCUT2D eigenvalue weighted by Gasteiger charge is -2.21. The number of ether oxygens (including phenoxy) is 1. The lowest BCUT2D eigenvalue weighted by atomic mass is 10.1. The molecule has 0 atom stereocenters. The van der Waals surface area contributed by atoms with Crippen molar-refractivity contribution in [2.75, 3.05) is 6.61 Å². The molecule has 3 rings (SSSR count).